The van der Waals surface area contributed by atoms with Gasteiger partial charge in [-0.15, -0.1) is 0 Å². The Morgan fingerprint density at radius 1 is 0.938 bits per heavy atom. The third-order valence-electron chi connectivity index (χ3n) is 5.73. The number of aromatic nitrogens is 2. The van der Waals surface area contributed by atoms with E-state index in [9.17, 15) is 13.2 Å². The van der Waals surface area contributed by atoms with Gasteiger partial charge in [0.2, 0.25) is 15.9 Å². The first-order chi connectivity index (χ1) is 15.5. The maximum atomic E-state index is 12.8. The summed E-state index contributed by atoms with van der Waals surface area (Å²) in [5.74, 6) is -0.106. The number of hydrogen-bond donors (Lipinski definition) is 1. The highest BCUT2D eigenvalue weighted by Crippen LogP contribution is 2.21. The number of hydrogen-bond acceptors (Lipinski definition) is 4. The third-order valence-corrected chi connectivity index (χ3v) is 7.64. The predicted octanol–water partition coefficient (Wildman–Crippen LogP) is 2.96. The third kappa shape index (κ3) is 5.44. The van der Waals surface area contributed by atoms with Crippen molar-refractivity contribution in [2.75, 3.05) is 13.1 Å². The van der Waals surface area contributed by atoms with Gasteiger partial charge in [-0.05, 0) is 47.7 Å². The van der Waals surface area contributed by atoms with Crippen molar-refractivity contribution in [3.8, 4) is 0 Å². The van der Waals surface area contributed by atoms with Crippen LogP contribution in [0, 0.1) is 0 Å². The molecule has 1 aliphatic rings. The van der Waals surface area contributed by atoms with Gasteiger partial charge in [0.05, 0.1) is 17.9 Å². The number of sulfonamides is 1. The van der Waals surface area contributed by atoms with Gasteiger partial charge in [-0.25, -0.2) is 8.42 Å². The zero-order valence-corrected chi connectivity index (χ0v) is 18.8. The summed E-state index contributed by atoms with van der Waals surface area (Å²) in [7, 11) is -3.45. The van der Waals surface area contributed by atoms with Crippen LogP contribution in [0.1, 0.15) is 36.0 Å². The topological polar surface area (TPSA) is 84.3 Å². The number of piperidine rings is 1. The Hall–Kier alpha value is -2.97. The molecule has 4 rings (SSSR count). The second kappa shape index (κ2) is 10.1. The second-order valence-electron chi connectivity index (χ2n) is 8.03. The van der Waals surface area contributed by atoms with E-state index in [2.05, 4.69) is 10.4 Å². The predicted molar refractivity (Wildman–Crippen MR) is 122 cm³/mol. The molecule has 8 heteroatoms. The first-order valence-corrected chi connectivity index (χ1v) is 12.4. The highest BCUT2D eigenvalue weighted by Gasteiger charge is 2.25. The number of nitrogens with zero attached hydrogens (tertiary/aromatic N) is 3. The number of carbonyl (C=O) groups excluding carboxylic acids is 1. The first kappa shape index (κ1) is 22.2. The quantitative estimate of drug-likeness (QED) is 0.570. The van der Waals surface area contributed by atoms with Crippen LogP contribution in [0.15, 0.2) is 71.9 Å². The first-order valence-electron chi connectivity index (χ1n) is 10.9. The molecule has 7 nitrogen and oxygen atoms in total. The smallest absolute Gasteiger partial charge is 0.243 e. The van der Waals surface area contributed by atoms with Crippen molar-refractivity contribution in [2.24, 2.45) is 0 Å². The summed E-state index contributed by atoms with van der Waals surface area (Å²) in [4.78, 5) is 12.8. The normalized spacial score (nSPS) is 14.9. The SMILES string of the molecule is O=C(Cc1ccc(S(=O)(=O)N2CCCCC2)cc1)NCc1ccccc1Cn1cccn1. The van der Waals surface area contributed by atoms with Crippen LogP contribution in [0.4, 0.5) is 0 Å². The molecule has 1 saturated heterocycles. The Morgan fingerprint density at radius 3 is 2.34 bits per heavy atom. The minimum absolute atomic E-state index is 0.106. The van der Waals surface area contributed by atoms with Crippen LogP contribution in [0.5, 0.6) is 0 Å². The van der Waals surface area contributed by atoms with E-state index in [0.29, 0.717) is 26.2 Å². The zero-order valence-electron chi connectivity index (χ0n) is 18.0. The Balaban J connectivity index is 1.34. The summed E-state index contributed by atoms with van der Waals surface area (Å²) in [5, 5.41) is 7.21. The molecule has 32 heavy (non-hydrogen) atoms. The molecule has 2 aromatic carbocycles. The van der Waals surface area contributed by atoms with Crippen LogP contribution in [0.2, 0.25) is 0 Å². The Bertz CT molecular complexity index is 1140. The number of rotatable bonds is 8. The van der Waals surface area contributed by atoms with Crippen LogP contribution >= 0.6 is 0 Å². The van der Waals surface area contributed by atoms with E-state index in [-0.39, 0.29) is 17.2 Å². The largest absolute Gasteiger partial charge is 0.352 e. The molecule has 1 N–H and O–H groups in total. The Labute approximate surface area is 189 Å². The molecule has 0 spiro atoms. The Kier molecular flexibility index (Phi) is 7.02. The van der Waals surface area contributed by atoms with Crippen molar-refractivity contribution in [3.05, 3.63) is 83.7 Å². The maximum Gasteiger partial charge on any atom is 0.243 e. The van der Waals surface area contributed by atoms with E-state index < -0.39 is 10.0 Å². The van der Waals surface area contributed by atoms with Crippen molar-refractivity contribution >= 4 is 15.9 Å². The van der Waals surface area contributed by atoms with Gasteiger partial charge in [-0.2, -0.15) is 9.40 Å². The van der Waals surface area contributed by atoms with E-state index in [1.54, 1.807) is 34.8 Å². The molecule has 0 unspecified atom stereocenters. The lowest BCUT2D eigenvalue weighted by Gasteiger charge is -2.25. The second-order valence-corrected chi connectivity index (χ2v) is 9.97. The highest BCUT2D eigenvalue weighted by atomic mass is 32.2. The number of nitrogens with one attached hydrogen (secondary N) is 1. The van der Waals surface area contributed by atoms with Crippen LogP contribution in [-0.2, 0) is 34.3 Å². The molecule has 3 aromatic rings. The lowest BCUT2D eigenvalue weighted by atomic mass is 10.1. The molecular formula is C24H28N4O3S. The van der Waals surface area contributed by atoms with Crippen molar-refractivity contribution < 1.29 is 13.2 Å². The van der Waals surface area contributed by atoms with Gasteiger partial charge in [-0.3, -0.25) is 9.48 Å². The lowest BCUT2D eigenvalue weighted by Crippen LogP contribution is -2.35. The highest BCUT2D eigenvalue weighted by molar-refractivity contribution is 7.89. The molecule has 0 radical (unpaired) electrons. The molecule has 2 heterocycles. The van der Waals surface area contributed by atoms with Crippen molar-refractivity contribution in [2.45, 2.75) is 43.7 Å². The van der Waals surface area contributed by atoms with Crippen LogP contribution in [0.25, 0.3) is 0 Å². The fraction of sp³-hybridized carbons (Fsp3) is 0.333. The minimum atomic E-state index is -3.45. The molecule has 0 atom stereocenters. The Morgan fingerprint density at radius 2 is 1.66 bits per heavy atom. The van der Waals surface area contributed by atoms with Crippen molar-refractivity contribution in [1.82, 2.24) is 19.4 Å². The molecule has 168 valence electrons. The van der Waals surface area contributed by atoms with Gasteiger partial charge in [0, 0.05) is 32.0 Å². The molecule has 0 bridgehead atoms. The number of benzene rings is 2. The number of carbonyl (C=O) groups is 1. The fourth-order valence-electron chi connectivity index (χ4n) is 3.93. The van der Waals surface area contributed by atoms with Crippen LogP contribution < -0.4 is 5.32 Å². The summed E-state index contributed by atoms with van der Waals surface area (Å²) >= 11 is 0. The van der Waals surface area contributed by atoms with Gasteiger partial charge < -0.3 is 5.32 Å². The van der Waals surface area contributed by atoms with Gasteiger partial charge in [0.1, 0.15) is 0 Å². The zero-order chi connectivity index (χ0) is 22.4. The van der Waals surface area contributed by atoms with Gasteiger partial charge >= 0.3 is 0 Å². The van der Waals surface area contributed by atoms with Crippen LogP contribution in [0.3, 0.4) is 0 Å². The van der Waals surface area contributed by atoms with Crippen molar-refractivity contribution in [1.29, 1.82) is 0 Å². The molecule has 1 fully saturated rings. The molecule has 0 saturated carbocycles. The van der Waals surface area contributed by atoms with Gasteiger partial charge in [0.25, 0.3) is 0 Å². The van der Waals surface area contributed by atoms with Gasteiger partial charge in [-0.1, -0.05) is 42.8 Å². The summed E-state index contributed by atoms with van der Waals surface area (Å²) in [6, 6.07) is 16.5. The summed E-state index contributed by atoms with van der Waals surface area (Å²) in [6.45, 7) is 2.23. The monoisotopic (exact) mass is 452 g/mol. The standard InChI is InChI=1S/C24H28N4O3S/c29-24(25-18-21-7-2-3-8-22(21)19-27-14-6-13-26-27)17-20-9-11-23(12-10-20)32(30,31)28-15-4-1-5-16-28/h2-3,6-14H,1,4-5,15-19H2,(H,25,29). The fourth-order valence-corrected chi connectivity index (χ4v) is 5.45. The molecule has 0 aliphatic carbocycles. The average molecular weight is 453 g/mol. The van der Waals surface area contributed by atoms with E-state index >= 15 is 0 Å². The molecular weight excluding hydrogens is 424 g/mol. The van der Waals surface area contributed by atoms with E-state index in [0.717, 1.165) is 36.0 Å². The van der Waals surface area contributed by atoms with Crippen molar-refractivity contribution in [3.63, 3.8) is 0 Å². The van der Waals surface area contributed by atoms with E-state index in [1.165, 1.54) is 0 Å². The van der Waals surface area contributed by atoms with Crippen LogP contribution in [-0.4, -0.2) is 41.5 Å². The van der Waals surface area contributed by atoms with Gasteiger partial charge in [0.15, 0.2) is 0 Å². The summed E-state index contributed by atoms with van der Waals surface area (Å²) in [5.41, 5.74) is 2.92. The van der Waals surface area contributed by atoms with E-state index in [1.807, 2.05) is 41.2 Å². The molecule has 1 amide bonds. The molecule has 1 aromatic heterocycles. The molecule has 1 aliphatic heterocycles. The van der Waals surface area contributed by atoms with E-state index in [4.69, 9.17) is 0 Å². The maximum absolute atomic E-state index is 12.8. The summed E-state index contributed by atoms with van der Waals surface area (Å²) < 4.78 is 28.9. The lowest BCUT2D eigenvalue weighted by molar-refractivity contribution is -0.120. The average Bonchev–Trinajstić information content (AvgIpc) is 3.33. The minimum Gasteiger partial charge on any atom is -0.352 e. The summed E-state index contributed by atoms with van der Waals surface area (Å²) in [6.07, 6.45) is 6.74. The number of amides is 1.